The van der Waals surface area contributed by atoms with E-state index in [0.29, 0.717) is 0 Å². The van der Waals surface area contributed by atoms with Crippen molar-refractivity contribution in [1.29, 1.82) is 0 Å². The Bertz CT molecular complexity index is 559. The zero-order valence-electron chi connectivity index (χ0n) is 8.69. The van der Waals surface area contributed by atoms with Crippen molar-refractivity contribution in [2.45, 2.75) is 0 Å². The molecule has 0 unspecified atom stereocenters. The van der Waals surface area contributed by atoms with Crippen LogP contribution in [-0.4, -0.2) is 5.78 Å². The van der Waals surface area contributed by atoms with Crippen LogP contribution in [0.1, 0.15) is 15.9 Å². The van der Waals surface area contributed by atoms with E-state index in [2.05, 4.69) is 0 Å². The van der Waals surface area contributed by atoms with Crippen LogP contribution in [0.25, 0.3) is 6.08 Å². The SMILES string of the molecule is O=C(/C=C/c1ccsc1)c1ccc(F)c(F)c1. The van der Waals surface area contributed by atoms with Crippen molar-refractivity contribution in [2.75, 3.05) is 0 Å². The fourth-order valence-electron chi connectivity index (χ4n) is 1.29. The molecule has 1 aromatic heterocycles. The van der Waals surface area contributed by atoms with Gasteiger partial charge in [-0.2, -0.15) is 11.3 Å². The summed E-state index contributed by atoms with van der Waals surface area (Å²) < 4.78 is 25.6. The minimum absolute atomic E-state index is 0.135. The van der Waals surface area contributed by atoms with Crippen LogP contribution in [0.15, 0.2) is 41.1 Å². The number of carbonyl (C=O) groups excluding carboxylic acids is 1. The molecular weight excluding hydrogens is 242 g/mol. The maximum Gasteiger partial charge on any atom is 0.185 e. The zero-order valence-corrected chi connectivity index (χ0v) is 9.51. The number of rotatable bonds is 3. The first kappa shape index (κ1) is 11.7. The molecule has 0 radical (unpaired) electrons. The second-order valence-corrected chi connectivity index (χ2v) is 4.16. The van der Waals surface area contributed by atoms with Crippen molar-refractivity contribution in [3.05, 3.63) is 63.9 Å². The molecule has 0 saturated carbocycles. The maximum absolute atomic E-state index is 12.9. The van der Waals surface area contributed by atoms with Crippen LogP contribution in [0.4, 0.5) is 8.78 Å². The molecule has 0 fully saturated rings. The molecule has 0 aliphatic carbocycles. The van der Waals surface area contributed by atoms with E-state index >= 15 is 0 Å². The van der Waals surface area contributed by atoms with Gasteiger partial charge in [0.15, 0.2) is 17.4 Å². The lowest BCUT2D eigenvalue weighted by molar-refractivity contribution is 0.104. The topological polar surface area (TPSA) is 17.1 Å². The molecule has 2 rings (SSSR count). The summed E-state index contributed by atoms with van der Waals surface area (Å²) in [6, 6.07) is 4.97. The van der Waals surface area contributed by atoms with Gasteiger partial charge in [0.25, 0.3) is 0 Å². The standard InChI is InChI=1S/C13H8F2OS/c14-11-3-2-10(7-12(11)15)13(16)4-1-9-5-6-17-8-9/h1-8H/b4-1+. The molecule has 0 aliphatic rings. The quantitative estimate of drug-likeness (QED) is 0.596. The van der Waals surface area contributed by atoms with E-state index in [1.165, 1.54) is 23.5 Å². The molecule has 0 amide bonds. The van der Waals surface area contributed by atoms with Crippen LogP contribution in [0, 0.1) is 11.6 Å². The van der Waals surface area contributed by atoms with E-state index in [0.717, 1.165) is 17.7 Å². The predicted molar refractivity (Wildman–Crippen MR) is 64.0 cm³/mol. The second kappa shape index (κ2) is 5.01. The number of halogens is 2. The fourth-order valence-corrected chi connectivity index (χ4v) is 1.92. The number of hydrogen-bond donors (Lipinski definition) is 0. The van der Waals surface area contributed by atoms with Gasteiger partial charge in [0, 0.05) is 5.56 Å². The van der Waals surface area contributed by atoms with Gasteiger partial charge in [0.1, 0.15) is 0 Å². The first-order valence-corrected chi connectivity index (χ1v) is 5.81. The van der Waals surface area contributed by atoms with Gasteiger partial charge >= 0.3 is 0 Å². The Hall–Kier alpha value is -1.81. The Kier molecular flexibility index (Phi) is 3.44. The summed E-state index contributed by atoms with van der Waals surface area (Å²) in [5, 5.41) is 3.77. The summed E-state index contributed by atoms with van der Waals surface area (Å²) in [6.07, 6.45) is 2.98. The van der Waals surface area contributed by atoms with Crippen LogP contribution in [0.3, 0.4) is 0 Å². The number of carbonyl (C=O) groups is 1. The Balaban J connectivity index is 2.17. The normalized spacial score (nSPS) is 10.9. The third-order valence-corrected chi connectivity index (χ3v) is 2.88. The second-order valence-electron chi connectivity index (χ2n) is 3.38. The molecule has 0 spiro atoms. The van der Waals surface area contributed by atoms with Gasteiger partial charge in [-0.15, -0.1) is 0 Å². The van der Waals surface area contributed by atoms with Crippen molar-refractivity contribution in [1.82, 2.24) is 0 Å². The van der Waals surface area contributed by atoms with Crippen LogP contribution in [-0.2, 0) is 0 Å². The van der Waals surface area contributed by atoms with Gasteiger partial charge in [-0.05, 0) is 46.7 Å². The van der Waals surface area contributed by atoms with E-state index < -0.39 is 11.6 Å². The summed E-state index contributed by atoms with van der Waals surface area (Å²) >= 11 is 1.52. The van der Waals surface area contributed by atoms with E-state index in [1.54, 1.807) is 6.08 Å². The number of benzene rings is 1. The van der Waals surface area contributed by atoms with E-state index in [9.17, 15) is 13.6 Å². The number of thiophene rings is 1. The molecule has 0 bridgehead atoms. The molecule has 0 N–H and O–H groups in total. The van der Waals surface area contributed by atoms with Crippen molar-refractivity contribution < 1.29 is 13.6 Å². The smallest absolute Gasteiger partial charge is 0.185 e. The molecule has 0 aliphatic heterocycles. The Labute approximate surface area is 101 Å². The molecule has 1 nitrogen and oxygen atoms in total. The lowest BCUT2D eigenvalue weighted by Crippen LogP contribution is -1.96. The summed E-state index contributed by atoms with van der Waals surface area (Å²) in [6.45, 7) is 0. The molecule has 0 atom stereocenters. The van der Waals surface area contributed by atoms with Crippen molar-refractivity contribution >= 4 is 23.2 Å². The molecule has 2 aromatic rings. The van der Waals surface area contributed by atoms with Gasteiger partial charge in [-0.25, -0.2) is 8.78 Å². The molecular formula is C13H8F2OS. The van der Waals surface area contributed by atoms with Crippen molar-refractivity contribution in [3.63, 3.8) is 0 Å². The predicted octanol–water partition coefficient (Wildman–Crippen LogP) is 3.92. The third kappa shape index (κ3) is 2.85. The molecule has 4 heteroatoms. The third-order valence-electron chi connectivity index (χ3n) is 2.17. The molecule has 0 saturated heterocycles. The molecule has 17 heavy (non-hydrogen) atoms. The zero-order chi connectivity index (χ0) is 12.3. The van der Waals surface area contributed by atoms with Crippen LogP contribution >= 0.6 is 11.3 Å². The van der Waals surface area contributed by atoms with Gasteiger partial charge in [0.2, 0.25) is 0 Å². The van der Waals surface area contributed by atoms with Crippen molar-refractivity contribution in [2.24, 2.45) is 0 Å². The van der Waals surface area contributed by atoms with E-state index in [1.807, 2.05) is 16.8 Å². The van der Waals surface area contributed by atoms with Gasteiger partial charge < -0.3 is 0 Å². The van der Waals surface area contributed by atoms with Crippen LogP contribution in [0.2, 0.25) is 0 Å². The highest BCUT2D eigenvalue weighted by Crippen LogP contribution is 2.12. The lowest BCUT2D eigenvalue weighted by Gasteiger charge is -1.96. The lowest BCUT2D eigenvalue weighted by atomic mass is 10.1. The first-order valence-electron chi connectivity index (χ1n) is 4.86. The van der Waals surface area contributed by atoms with Gasteiger partial charge in [0.05, 0.1) is 0 Å². The minimum Gasteiger partial charge on any atom is -0.289 e. The van der Waals surface area contributed by atoms with Crippen LogP contribution in [0.5, 0.6) is 0 Å². The fraction of sp³-hybridized carbons (Fsp3) is 0. The molecule has 86 valence electrons. The molecule has 1 aromatic carbocycles. The number of hydrogen-bond acceptors (Lipinski definition) is 2. The summed E-state index contributed by atoms with van der Waals surface area (Å²) in [4.78, 5) is 11.6. The maximum atomic E-state index is 12.9. The average Bonchev–Trinajstić information content (AvgIpc) is 2.82. The highest BCUT2D eigenvalue weighted by molar-refractivity contribution is 7.08. The van der Waals surface area contributed by atoms with Gasteiger partial charge in [-0.1, -0.05) is 6.08 Å². The Morgan fingerprint density at radius 1 is 1.18 bits per heavy atom. The highest BCUT2D eigenvalue weighted by Gasteiger charge is 2.06. The van der Waals surface area contributed by atoms with Crippen molar-refractivity contribution in [3.8, 4) is 0 Å². The average molecular weight is 250 g/mol. The molecule has 1 heterocycles. The summed E-state index contributed by atoms with van der Waals surface area (Å²) in [5.41, 5.74) is 1.04. The number of ketones is 1. The Morgan fingerprint density at radius 2 is 2.00 bits per heavy atom. The van der Waals surface area contributed by atoms with Crippen LogP contribution < -0.4 is 0 Å². The summed E-state index contributed by atoms with van der Waals surface area (Å²) in [5.74, 6) is -2.32. The van der Waals surface area contributed by atoms with E-state index in [4.69, 9.17) is 0 Å². The Morgan fingerprint density at radius 3 is 2.65 bits per heavy atom. The monoisotopic (exact) mass is 250 g/mol. The highest BCUT2D eigenvalue weighted by atomic mass is 32.1. The largest absolute Gasteiger partial charge is 0.289 e. The van der Waals surface area contributed by atoms with E-state index in [-0.39, 0.29) is 11.3 Å². The van der Waals surface area contributed by atoms with Gasteiger partial charge in [-0.3, -0.25) is 4.79 Å². The first-order chi connectivity index (χ1) is 8.16. The minimum atomic E-state index is -1.01. The summed E-state index contributed by atoms with van der Waals surface area (Å²) in [7, 11) is 0. The number of allylic oxidation sites excluding steroid dienone is 1.